The van der Waals surface area contributed by atoms with Crippen molar-refractivity contribution < 1.29 is 14.2 Å². The highest BCUT2D eigenvalue weighted by atomic mass is 16.6. The fraction of sp³-hybridized carbons (Fsp3) is 0.538. The second-order valence-electron chi connectivity index (χ2n) is 3.95. The lowest BCUT2D eigenvalue weighted by atomic mass is 10.1. The molecule has 1 saturated heterocycles. The first-order chi connectivity index (χ1) is 7.90. The molecule has 0 radical (unpaired) electrons. The highest BCUT2D eigenvalue weighted by molar-refractivity contribution is 5.33. The zero-order chi connectivity index (χ0) is 11.2. The molecule has 2 rings (SSSR count). The van der Waals surface area contributed by atoms with E-state index in [0.717, 1.165) is 38.4 Å². The molecule has 1 aromatic rings. The average molecular weight is 222 g/mol. The van der Waals surface area contributed by atoms with Crippen molar-refractivity contribution in [1.82, 2.24) is 0 Å². The van der Waals surface area contributed by atoms with Crippen LogP contribution in [0.4, 0.5) is 0 Å². The van der Waals surface area contributed by atoms with Crippen LogP contribution in [0.3, 0.4) is 0 Å². The molecule has 1 heterocycles. The highest BCUT2D eigenvalue weighted by Gasteiger charge is 2.21. The minimum Gasteiger partial charge on any atom is -0.496 e. The topological polar surface area (TPSA) is 31.0 Å². The number of aryl methyl sites for hydroxylation is 1. The Morgan fingerprint density at radius 1 is 1.38 bits per heavy atom. The standard InChI is InChI=1S/C13H18O3/c1-14-13-7-3-2-5-11(13)6-4-8-15-9-12-10-16-12/h2-3,5,7,12H,4,6,8-10H2,1H3/t12-/m0/s1. The van der Waals surface area contributed by atoms with Gasteiger partial charge in [0.25, 0.3) is 0 Å². The number of benzene rings is 1. The molecule has 1 aliphatic rings. The Balaban J connectivity index is 1.67. The summed E-state index contributed by atoms with van der Waals surface area (Å²) in [5.74, 6) is 0.966. The lowest BCUT2D eigenvalue weighted by Gasteiger charge is -2.07. The number of para-hydroxylation sites is 1. The van der Waals surface area contributed by atoms with Crippen molar-refractivity contribution in [3.8, 4) is 5.75 Å². The summed E-state index contributed by atoms with van der Waals surface area (Å²) in [5, 5.41) is 0. The van der Waals surface area contributed by atoms with Gasteiger partial charge in [0.1, 0.15) is 11.9 Å². The summed E-state index contributed by atoms with van der Waals surface area (Å²) in [6.45, 7) is 2.40. The zero-order valence-electron chi connectivity index (χ0n) is 9.65. The molecule has 16 heavy (non-hydrogen) atoms. The molecule has 0 aromatic heterocycles. The molecular weight excluding hydrogens is 204 g/mol. The second kappa shape index (κ2) is 5.87. The van der Waals surface area contributed by atoms with Gasteiger partial charge in [0.15, 0.2) is 0 Å². The Labute approximate surface area is 96.3 Å². The Bertz CT molecular complexity index is 321. The van der Waals surface area contributed by atoms with Crippen LogP contribution in [0.25, 0.3) is 0 Å². The van der Waals surface area contributed by atoms with Crippen molar-refractivity contribution >= 4 is 0 Å². The minimum atomic E-state index is 0.367. The van der Waals surface area contributed by atoms with E-state index in [-0.39, 0.29) is 0 Å². The van der Waals surface area contributed by atoms with E-state index in [0.29, 0.717) is 6.10 Å². The van der Waals surface area contributed by atoms with Crippen LogP contribution >= 0.6 is 0 Å². The van der Waals surface area contributed by atoms with Gasteiger partial charge in [-0.3, -0.25) is 0 Å². The molecule has 0 saturated carbocycles. The fourth-order valence-electron chi connectivity index (χ4n) is 1.65. The summed E-state index contributed by atoms with van der Waals surface area (Å²) in [6, 6.07) is 8.12. The molecule has 1 fully saturated rings. The second-order valence-corrected chi connectivity index (χ2v) is 3.95. The monoisotopic (exact) mass is 222 g/mol. The Morgan fingerprint density at radius 3 is 2.94 bits per heavy atom. The van der Waals surface area contributed by atoms with Gasteiger partial charge >= 0.3 is 0 Å². The molecule has 0 unspecified atom stereocenters. The number of hydrogen-bond donors (Lipinski definition) is 0. The molecule has 0 amide bonds. The summed E-state index contributed by atoms with van der Waals surface area (Å²) in [5.41, 5.74) is 1.25. The van der Waals surface area contributed by atoms with Crippen molar-refractivity contribution in [2.45, 2.75) is 18.9 Å². The quantitative estimate of drug-likeness (QED) is 0.522. The molecule has 3 heteroatoms. The number of methoxy groups -OCH3 is 1. The first kappa shape index (κ1) is 11.4. The van der Waals surface area contributed by atoms with E-state index in [4.69, 9.17) is 14.2 Å². The SMILES string of the molecule is COc1ccccc1CCCOC[C@H]1CO1. The Kier molecular flexibility index (Phi) is 4.19. The third-order valence-electron chi connectivity index (χ3n) is 2.63. The van der Waals surface area contributed by atoms with Gasteiger partial charge in [-0.1, -0.05) is 18.2 Å². The van der Waals surface area contributed by atoms with Gasteiger partial charge in [-0.25, -0.2) is 0 Å². The summed E-state index contributed by atoms with van der Waals surface area (Å²) in [4.78, 5) is 0. The molecule has 1 aromatic carbocycles. The van der Waals surface area contributed by atoms with Gasteiger partial charge in [-0.05, 0) is 24.5 Å². The molecule has 3 nitrogen and oxygen atoms in total. The van der Waals surface area contributed by atoms with Crippen LogP contribution in [0.2, 0.25) is 0 Å². The van der Waals surface area contributed by atoms with Crippen molar-refractivity contribution in [2.24, 2.45) is 0 Å². The van der Waals surface area contributed by atoms with Crippen molar-refractivity contribution in [3.63, 3.8) is 0 Å². The molecule has 88 valence electrons. The number of epoxide rings is 1. The van der Waals surface area contributed by atoms with Gasteiger partial charge < -0.3 is 14.2 Å². The summed E-state index contributed by atoms with van der Waals surface area (Å²) >= 11 is 0. The van der Waals surface area contributed by atoms with Crippen LogP contribution < -0.4 is 4.74 Å². The first-order valence-corrected chi connectivity index (χ1v) is 5.71. The maximum absolute atomic E-state index is 5.49. The molecule has 0 N–H and O–H groups in total. The lowest BCUT2D eigenvalue weighted by Crippen LogP contribution is -2.04. The molecule has 0 bridgehead atoms. The van der Waals surface area contributed by atoms with Gasteiger partial charge in [0, 0.05) is 6.61 Å². The van der Waals surface area contributed by atoms with Crippen molar-refractivity contribution in [2.75, 3.05) is 26.9 Å². The van der Waals surface area contributed by atoms with Crippen LogP contribution in [0.5, 0.6) is 5.75 Å². The molecular formula is C13H18O3. The van der Waals surface area contributed by atoms with Gasteiger partial charge in [-0.15, -0.1) is 0 Å². The van der Waals surface area contributed by atoms with Crippen LogP contribution in [0.15, 0.2) is 24.3 Å². The van der Waals surface area contributed by atoms with E-state index in [1.54, 1.807) is 7.11 Å². The van der Waals surface area contributed by atoms with Gasteiger partial charge in [0.2, 0.25) is 0 Å². The van der Waals surface area contributed by atoms with E-state index >= 15 is 0 Å². The maximum atomic E-state index is 5.49. The normalized spacial score (nSPS) is 18.4. The van der Waals surface area contributed by atoms with Crippen LogP contribution in [0, 0.1) is 0 Å². The van der Waals surface area contributed by atoms with Crippen LogP contribution in [-0.2, 0) is 15.9 Å². The molecule has 0 spiro atoms. The fourth-order valence-corrected chi connectivity index (χ4v) is 1.65. The summed E-state index contributed by atoms with van der Waals surface area (Å²) in [6.07, 6.45) is 2.38. The van der Waals surface area contributed by atoms with Gasteiger partial charge in [0.05, 0.1) is 20.3 Å². The number of rotatable bonds is 7. The third-order valence-corrected chi connectivity index (χ3v) is 2.63. The van der Waals surface area contributed by atoms with E-state index < -0.39 is 0 Å². The van der Waals surface area contributed by atoms with E-state index in [1.165, 1.54) is 5.56 Å². The molecule has 0 aliphatic carbocycles. The predicted molar refractivity (Wildman–Crippen MR) is 61.9 cm³/mol. The lowest BCUT2D eigenvalue weighted by molar-refractivity contribution is 0.114. The molecule has 1 atom stereocenters. The average Bonchev–Trinajstić information content (AvgIpc) is 3.13. The third kappa shape index (κ3) is 3.51. The minimum absolute atomic E-state index is 0.367. The largest absolute Gasteiger partial charge is 0.496 e. The zero-order valence-corrected chi connectivity index (χ0v) is 9.65. The van der Waals surface area contributed by atoms with Crippen molar-refractivity contribution in [1.29, 1.82) is 0 Å². The maximum Gasteiger partial charge on any atom is 0.122 e. The highest BCUT2D eigenvalue weighted by Crippen LogP contribution is 2.18. The van der Waals surface area contributed by atoms with Crippen LogP contribution in [0.1, 0.15) is 12.0 Å². The van der Waals surface area contributed by atoms with E-state index in [2.05, 4.69) is 6.07 Å². The van der Waals surface area contributed by atoms with E-state index in [9.17, 15) is 0 Å². The number of hydrogen-bond acceptors (Lipinski definition) is 3. The molecule has 1 aliphatic heterocycles. The predicted octanol–water partition coefficient (Wildman–Crippen LogP) is 2.04. The van der Waals surface area contributed by atoms with E-state index in [1.807, 2.05) is 18.2 Å². The van der Waals surface area contributed by atoms with Gasteiger partial charge in [-0.2, -0.15) is 0 Å². The Hall–Kier alpha value is -1.06. The Morgan fingerprint density at radius 2 is 2.19 bits per heavy atom. The summed E-state index contributed by atoms with van der Waals surface area (Å²) < 4.78 is 15.8. The first-order valence-electron chi connectivity index (χ1n) is 5.71. The summed E-state index contributed by atoms with van der Waals surface area (Å²) in [7, 11) is 1.71. The number of ether oxygens (including phenoxy) is 3. The van der Waals surface area contributed by atoms with Crippen LogP contribution in [-0.4, -0.2) is 33.0 Å². The smallest absolute Gasteiger partial charge is 0.122 e. The van der Waals surface area contributed by atoms with Crippen molar-refractivity contribution in [3.05, 3.63) is 29.8 Å².